The molecule has 156 valence electrons. The van der Waals surface area contributed by atoms with E-state index in [1.54, 1.807) is 29.2 Å². The minimum Gasteiger partial charge on any atom is -0.373 e. The number of piperazine rings is 1. The van der Waals surface area contributed by atoms with Gasteiger partial charge in [0.1, 0.15) is 0 Å². The average Bonchev–Trinajstić information content (AvgIpc) is 2.68. The molecule has 1 amide bonds. The van der Waals surface area contributed by atoms with Crippen molar-refractivity contribution in [2.24, 2.45) is 0 Å². The van der Waals surface area contributed by atoms with Crippen molar-refractivity contribution in [3.05, 3.63) is 29.8 Å². The Labute approximate surface area is 168 Å². The molecule has 2 aliphatic heterocycles. The molecule has 0 unspecified atom stereocenters. The third kappa shape index (κ3) is 4.74. The Morgan fingerprint density at radius 1 is 1.11 bits per heavy atom. The van der Waals surface area contributed by atoms with Gasteiger partial charge in [-0.25, -0.2) is 8.42 Å². The van der Waals surface area contributed by atoms with Gasteiger partial charge in [0.2, 0.25) is 10.0 Å². The van der Waals surface area contributed by atoms with Crippen LogP contribution in [-0.4, -0.2) is 81.6 Å². The lowest BCUT2D eigenvalue weighted by Crippen LogP contribution is -3.14. The lowest BCUT2D eigenvalue weighted by molar-refractivity contribution is -0.904. The van der Waals surface area contributed by atoms with Crippen LogP contribution in [0, 0.1) is 0 Å². The molecule has 0 bridgehead atoms. The number of amides is 1. The molecule has 2 aliphatic rings. The molecular weight excluding hydrogens is 378 g/mol. The Bertz CT molecular complexity index is 763. The lowest BCUT2D eigenvalue weighted by Gasteiger charge is -2.34. The predicted octanol–water partition coefficient (Wildman–Crippen LogP) is 0.235. The standard InChI is InChI=1S/C20H31N3O4S/c1-4-9-21-10-12-22(13-11-21)20(24)18-5-7-19(8-6-18)28(25,26)23-14-16(2)27-17(3)15-23/h5-8,16-17H,4,9-15H2,1-3H3/p+1/t16-,17-/m1/s1. The lowest BCUT2D eigenvalue weighted by atomic mass is 10.2. The van der Waals surface area contributed by atoms with Gasteiger partial charge in [-0.15, -0.1) is 0 Å². The number of hydrogen-bond donors (Lipinski definition) is 1. The van der Waals surface area contributed by atoms with Crippen LogP contribution >= 0.6 is 0 Å². The zero-order valence-electron chi connectivity index (χ0n) is 17.1. The summed E-state index contributed by atoms with van der Waals surface area (Å²) < 4.78 is 33.0. The van der Waals surface area contributed by atoms with Gasteiger partial charge in [-0.05, 0) is 44.5 Å². The number of carbonyl (C=O) groups is 1. The smallest absolute Gasteiger partial charge is 0.254 e. The number of ether oxygens (including phenoxy) is 1. The van der Waals surface area contributed by atoms with Crippen LogP contribution < -0.4 is 4.90 Å². The Hall–Kier alpha value is -1.48. The second kappa shape index (κ2) is 8.90. The van der Waals surface area contributed by atoms with Gasteiger partial charge < -0.3 is 14.5 Å². The Morgan fingerprint density at radius 3 is 2.21 bits per heavy atom. The Morgan fingerprint density at radius 2 is 1.68 bits per heavy atom. The van der Waals surface area contributed by atoms with Gasteiger partial charge in [0.25, 0.3) is 5.91 Å². The van der Waals surface area contributed by atoms with E-state index in [1.807, 2.05) is 18.7 Å². The van der Waals surface area contributed by atoms with E-state index < -0.39 is 10.0 Å². The number of benzene rings is 1. The topological polar surface area (TPSA) is 71.4 Å². The van der Waals surface area contributed by atoms with Crippen LogP contribution in [0.5, 0.6) is 0 Å². The molecule has 0 aliphatic carbocycles. The van der Waals surface area contributed by atoms with E-state index in [1.165, 1.54) is 4.31 Å². The molecule has 2 saturated heterocycles. The van der Waals surface area contributed by atoms with Gasteiger partial charge in [-0.3, -0.25) is 4.79 Å². The number of hydrogen-bond acceptors (Lipinski definition) is 4. The summed E-state index contributed by atoms with van der Waals surface area (Å²) in [7, 11) is -3.58. The largest absolute Gasteiger partial charge is 0.373 e. The average molecular weight is 411 g/mol. The molecule has 2 atom stereocenters. The van der Waals surface area contributed by atoms with Crippen LogP contribution in [0.4, 0.5) is 0 Å². The third-order valence-electron chi connectivity index (χ3n) is 5.49. The van der Waals surface area contributed by atoms with Crippen LogP contribution in [0.1, 0.15) is 37.6 Å². The first-order valence-electron chi connectivity index (χ1n) is 10.2. The Kier molecular flexibility index (Phi) is 6.75. The molecule has 1 aromatic rings. The van der Waals surface area contributed by atoms with E-state index in [0.29, 0.717) is 18.7 Å². The summed E-state index contributed by atoms with van der Waals surface area (Å²) in [5, 5.41) is 0. The quantitative estimate of drug-likeness (QED) is 0.755. The molecule has 0 radical (unpaired) electrons. The number of morpholine rings is 1. The first-order chi connectivity index (χ1) is 13.3. The van der Waals surface area contributed by atoms with E-state index >= 15 is 0 Å². The van der Waals surface area contributed by atoms with Gasteiger partial charge in [0.05, 0.1) is 49.8 Å². The van der Waals surface area contributed by atoms with Gasteiger partial charge in [-0.1, -0.05) is 6.92 Å². The maximum Gasteiger partial charge on any atom is 0.254 e. The number of quaternary nitrogens is 1. The minimum atomic E-state index is -3.58. The summed E-state index contributed by atoms with van der Waals surface area (Å²) in [5.74, 6) is -0.0203. The first-order valence-corrected chi connectivity index (χ1v) is 11.6. The summed E-state index contributed by atoms with van der Waals surface area (Å²) in [6, 6.07) is 6.36. The second-order valence-electron chi connectivity index (χ2n) is 7.90. The fourth-order valence-corrected chi connectivity index (χ4v) is 5.65. The second-order valence-corrected chi connectivity index (χ2v) is 9.83. The monoisotopic (exact) mass is 410 g/mol. The van der Waals surface area contributed by atoms with E-state index in [-0.39, 0.29) is 23.0 Å². The molecule has 7 nitrogen and oxygen atoms in total. The normalized spacial score (nSPS) is 25.0. The van der Waals surface area contributed by atoms with E-state index in [9.17, 15) is 13.2 Å². The zero-order chi connectivity index (χ0) is 20.3. The summed E-state index contributed by atoms with van der Waals surface area (Å²) in [5.41, 5.74) is 0.543. The molecule has 2 fully saturated rings. The highest BCUT2D eigenvalue weighted by molar-refractivity contribution is 7.89. The summed E-state index contributed by atoms with van der Waals surface area (Å²) >= 11 is 0. The number of nitrogens with zero attached hydrogens (tertiary/aromatic N) is 2. The van der Waals surface area contributed by atoms with Crippen LogP contribution in [0.3, 0.4) is 0 Å². The SMILES string of the molecule is CCC[NH+]1CCN(C(=O)c2ccc(S(=O)(=O)N3C[C@@H](C)O[C@H](C)C3)cc2)CC1. The van der Waals surface area contributed by atoms with Crippen LogP contribution in [0.15, 0.2) is 29.2 Å². The predicted molar refractivity (Wildman–Crippen MR) is 107 cm³/mol. The summed E-state index contributed by atoms with van der Waals surface area (Å²) in [4.78, 5) is 16.4. The van der Waals surface area contributed by atoms with Crippen LogP contribution in [0.25, 0.3) is 0 Å². The highest BCUT2D eigenvalue weighted by Crippen LogP contribution is 2.21. The molecule has 3 rings (SSSR count). The molecule has 0 aromatic heterocycles. The Balaban J connectivity index is 1.67. The molecule has 0 spiro atoms. The van der Waals surface area contributed by atoms with E-state index in [2.05, 4.69) is 6.92 Å². The summed E-state index contributed by atoms with van der Waals surface area (Å²) in [6.07, 6.45) is 0.890. The van der Waals surface area contributed by atoms with Crippen molar-refractivity contribution >= 4 is 15.9 Å². The van der Waals surface area contributed by atoms with E-state index in [0.717, 1.165) is 39.1 Å². The van der Waals surface area contributed by atoms with Gasteiger partial charge in [0, 0.05) is 18.7 Å². The molecule has 28 heavy (non-hydrogen) atoms. The molecule has 1 N–H and O–H groups in total. The van der Waals surface area contributed by atoms with Crippen molar-refractivity contribution in [3.8, 4) is 0 Å². The molecule has 1 aromatic carbocycles. The zero-order valence-corrected chi connectivity index (χ0v) is 17.9. The number of nitrogens with one attached hydrogen (secondary N) is 1. The first kappa shape index (κ1) is 21.2. The fourth-order valence-electron chi connectivity index (χ4n) is 4.06. The number of rotatable bonds is 5. The van der Waals surface area contributed by atoms with Crippen molar-refractivity contribution in [1.29, 1.82) is 0 Å². The van der Waals surface area contributed by atoms with E-state index in [4.69, 9.17) is 4.74 Å². The van der Waals surface area contributed by atoms with Crippen molar-refractivity contribution < 1.29 is 22.8 Å². The molecule has 8 heteroatoms. The maximum atomic E-state index is 12.9. The van der Waals surface area contributed by atoms with Gasteiger partial charge in [0.15, 0.2) is 0 Å². The number of sulfonamides is 1. The van der Waals surface area contributed by atoms with Crippen molar-refractivity contribution in [1.82, 2.24) is 9.21 Å². The molecule has 0 saturated carbocycles. The highest BCUT2D eigenvalue weighted by atomic mass is 32.2. The van der Waals surface area contributed by atoms with Crippen LogP contribution in [0.2, 0.25) is 0 Å². The third-order valence-corrected chi connectivity index (χ3v) is 7.33. The van der Waals surface area contributed by atoms with Crippen molar-refractivity contribution in [2.45, 2.75) is 44.3 Å². The van der Waals surface area contributed by atoms with Gasteiger partial charge >= 0.3 is 0 Å². The van der Waals surface area contributed by atoms with Crippen molar-refractivity contribution in [2.75, 3.05) is 45.8 Å². The maximum absolute atomic E-state index is 12.9. The number of carbonyl (C=O) groups excluding carboxylic acids is 1. The fraction of sp³-hybridized carbons (Fsp3) is 0.650. The molecule has 2 heterocycles. The van der Waals surface area contributed by atoms with Crippen LogP contribution in [-0.2, 0) is 14.8 Å². The highest BCUT2D eigenvalue weighted by Gasteiger charge is 2.32. The summed E-state index contributed by atoms with van der Waals surface area (Å²) in [6.45, 7) is 11.2. The minimum absolute atomic E-state index is 0.0203. The molecular formula is C20H32N3O4S+. The van der Waals surface area contributed by atoms with Crippen molar-refractivity contribution in [3.63, 3.8) is 0 Å². The van der Waals surface area contributed by atoms with Gasteiger partial charge in [-0.2, -0.15) is 4.31 Å².